The minimum absolute atomic E-state index is 0.177. The van der Waals surface area contributed by atoms with Crippen LogP contribution >= 0.6 is 24.0 Å². The molecule has 2 aliphatic heterocycles. The number of benzene rings is 2. The van der Waals surface area contributed by atoms with Gasteiger partial charge in [-0.2, -0.15) is 0 Å². The van der Waals surface area contributed by atoms with Gasteiger partial charge in [0.15, 0.2) is 0 Å². The molecule has 1 amide bonds. The summed E-state index contributed by atoms with van der Waals surface area (Å²) in [5.74, 6) is -0.598. The van der Waals surface area contributed by atoms with Crippen LogP contribution in [0.15, 0.2) is 58.2 Å². The fourth-order valence-electron chi connectivity index (χ4n) is 4.30. The second-order valence-electron chi connectivity index (χ2n) is 8.14. The zero-order valence-corrected chi connectivity index (χ0v) is 20.1. The summed E-state index contributed by atoms with van der Waals surface area (Å²) in [4.78, 5) is 30.8. The van der Waals surface area contributed by atoms with Crippen molar-refractivity contribution in [2.75, 3.05) is 31.2 Å². The molecule has 5 rings (SSSR count). The normalized spacial score (nSPS) is 17.9. The Morgan fingerprint density at radius 2 is 1.79 bits per heavy atom. The third kappa shape index (κ3) is 4.15. The van der Waals surface area contributed by atoms with Crippen LogP contribution in [0.2, 0.25) is 0 Å². The van der Waals surface area contributed by atoms with Crippen molar-refractivity contribution in [3.8, 4) is 0 Å². The molecule has 0 aliphatic carbocycles. The second kappa shape index (κ2) is 9.32. The molecule has 2 fully saturated rings. The molecule has 3 heterocycles. The molecule has 0 spiro atoms. The largest absolute Gasteiger partial charge is 0.378 e. The van der Waals surface area contributed by atoms with Gasteiger partial charge < -0.3 is 14.2 Å². The van der Waals surface area contributed by atoms with Crippen molar-refractivity contribution in [3.05, 3.63) is 80.7 Å². The minimum atomic E-state index is -0.336. The van der Waals surface area contributed by atoms with Crippen LogP contribution in [-0.4, -0.2) is 46.0 Å². The predicted octanol–water partition coefficient (Wildman–Crippen LogP) is 3.92. The van der Waals surface area contributed by atoms with Crippen LogP contribution in [0.25, 0.3) is 17.0 Å². The highest BCUT2D eigenvalue weighted by atomic mass is 32.2. The van der Waals surface area contributed by atoms with E-state index < -0.39 is 0 Å². The third-order valence-corrected chi connectivity index (χ3v) is 7.42. The Morgan fingerprint density at radius 1 is 1.09 bits per heavy atom. The number of aryl methyl sites for hydroxylation is 1. The van der Waals surface area contributed by atoms with Crippen LogP contribution < -0.4 is 10.5 Å². The number of hydrogen-bond donors (Lipinski definition) is 0. The van der Waals surface area contributed by atoms with Crippen LogP contribution in [0, 0.1) is 5.82 Å². The molecule has 0 atom stereocenters. The van der Waals surface area contributed by atoms with Gasteiger partial charge in [-0.25, -0.2) is 4.39 Å². The van der Waals surface area contributed by atoms with E-state index in [2.05, 4.69) is 4.90 Å². The third-order valence-electron chi connectivity index (χ3n) is 6.04. The lowest BCUT2D eigenvalue weighted by Gasteiger charge is -2.31. The molecule has 0 bridgehead atoms. The Hall–Kier alpha value is -3.01. The van der Waals surface area contributed by atoms with E-state index >= 15 is 0 Å². The van der Waals surface area contributed by atoms with Gasteiger partial charge in [0.2, 0.25) is 0 Å². The average molecular weight is 496 g/mol. The summed E-state index contributed by atoms with van der Waals surface area (Å²) in [6, 6.07) is 13.8. The number of carbonyl (C=O) groups is 1. The van der Waals surface area contributed by atoms with E-state index in [9.17, 15) is 14.0 Å². The Kier molecular flexibility index (Phi) is 6.24. The van der Waals surface area contributed by atoms with E-state index in [4.69, 9.17) is 17.0 Å². The van der Waals surface area contributed by atoms with Gasteiger partial charge in [-0.3, -0.25) is 14.5 Å². The summed E-state index contributed by atoms with van der Waals surface area (Å²) in [5, 5.41) is 0.944. The lowest BCUT2D eigenvalue weighted by molar-refractivity contribution is -0.122. The van der Waals surface area contributed by atoms with Crippen molar-refractivity contribution in [1.82, 2.24) is 9.47 Å². The van der Waals surface area contributed by atoms with Gasteiger partial charge >= 0.3 is 0 Å². The average Bonchev–Trinajstić information content (AvgIpc) is 3.11. The molecule has 0 N–H and O–H groups in total. The van der Waals surface area contributed by atoms with Crippen molar-refractivity contribution in [2.24, 2.45) is 7.05 Å². The summed E-state index contributed by atoms with van der Waals surface area (Å²) in [5.41, 5.74) is 2.70. The number of nitrogens with zero attached hydrogens (tertiary/aromatic N) is 3. The topological polar surface area (TPSA) is 54.8 Å². The highest BCUT2D eigenvalue weighted by Gasteiger charge is 2.33. The van der Waals surface area contributed by atoms with E-state index in [0.29, 0.717) is 41.1 Å². The molecular formula is C25H22FN3O3S2. The van der Waals surface area contributed by atoms with E-state index in [1.807, 2.05) is 24.3 Å². The summed E-state index contributed by atoms with van der Waals surface area (Å²) in [7, 11) is 1.74. The zero-order valence-electron chi connectivity index (χ0n) is 18.5. The number of amides is 1. The van der Waals surface area contributed by atoms with E-state index in [1.165, 1.54) is 28.8 Å². The number of fused-ring (bicyclic) bond motifs is 1. The van der Waals surface area contributed by atoms with Gasteiger partial charge in [-0.05, 0) is 29.8 Å². The van der Waals surface area contributed by atoms with Gasteiger partial charge in [0.05, 0.1) is 41.4 Å². The first-order valence-electron chi connectivity index (χ1n) is 10.9. The number of ether oxygens (including phenoxy) is 1. The molecule has 9 heteroatoms. The summed E-state index contributed by atoms with van der Waals surface area (Å²) >= 11 is 6.65. The molecule has 2 aliphatic rings. The molecule has 174 valence electrons. The fraction of sp³-hybridized carbons (Fsp3) is 0.240. The van der Waals surface area contributed by atoms with Gasteiger partial charge in [0.1, 0.15) is 10.1 Å². The number of carbonyl (C=O) groups excluding carboxylic acids is 1. The standard InChI is InChI=1S/C25H22FN3O3S2/c1-27-20-5-3-2-4-18(20)22(28-10-12-32-13-11-28)19(23(27)30)14-21-24(31)29(25(33)34-21)15-16-6-8-17(26)9-7-16/h2-9,14H,10-13,15H2,1H3. The number of hydrogen-bond acceptors (Lipinski definition) is 6. The summed E-state index contributed by atoms with van der Waals surface area (Å²) in [6.07, 6.45) is 1.67. The van der Waals surface area contributed by atoms with E-state index in [1.54, 1.807) is 29.8 Å². The van der Waals surface area contributed by atoms with Gasteiger partial charge in [0.25, 0.3) is 11.5 Å². The molecule has 1 aromatic heterocycles. The van der Waals surface area contributed by atoms with Crippen LogP contribution in [0.3, 0.4) is 0 Å². The maximum Gasteiger partial charge on any atom is 0.266 e. The monoisotopic (exact) mass is 495 g/mol. The quantitative estimate of drug-likeness (QED) is 0.404. The van der Waals surface area contributed by atoms with E-state index in [0.717, 1.165) is 22.2 Å². The van der Waals surface area contributed by atoms with Crippen molar-refractivity contribution in [3.63, 3.8) is 0 Å². The molecule has 0 unspecified atom stereocenters. The molecule has 34 heavy (non-hydrogen) atoms. The number of anilines is 1. The molecule has 0 radical (unpaired) electrons. The number of thioether (sulfide) groups is 1. The number of thiocarbonyl (C=S) groups is 1. The summed E-state index contributed by atoms with van der Waals surface area (Å²) in [6.45, 7) is 2.70. The maximum atomic E-state index is 13.5. The highest BCUT2D eigenvalue weighted by Crippen LogP contribution is 2.36. The van der Waals surface area contributed by atoms with Gasteiger partial charge in [0, 0.05) is 25.5 Å². The predicted molar refractivity (Wildman–Crippen MR) is 137 cm³/mol. The van der Waals surface area contributed by atoms with Gasteiger partial charge in [-0.15, -0.1) is 0 Å². The smallest absolute Gasteiger partial charge is 0.266 e. The fourth-order valence-corrected chi connectivity index (χ4v) is 5.54. The SMILES string of the molecule is Cn1c(=O)c(C=C2SC(=S)N(Cc3ccc(F)cc3)C2=O)c(N2CCOCC2)c2ccccc21. The molecule has 0 saturated carbocycles. The van der Waals surface area contributed by atoms with Crippen LogP contribution in [0.5, 0.6) is 0 Å². The lowest BCUT2D eigenvalue weighted by Crippen LogP contribution is -2.38. The Bertz CT molecular complexity index is 1380. The Balaban J connectivity index is 1.59. The molecule has 6 nitrogen and oxygen atoms in total. The Morgan fingerprint density at radius 3 is 2.53 bits per heavy atom. The number of halogens is 1. The molecule has 2 aromatic carbocycles. The maximum absolute atomic E-state index is 13.5. The first-order chi connectivity index (χ1) is 16.4. The Labute approximate surface area is 205 Å². The van der Waals surface area contributed by atoms with Crippen LogP contribution in [0.1, 0.15) is 11.1 Å². The zero-order chi connectivity index (χ0) is 23.8. The second-order valence-corrected chi connectivity index (χ2v) is 9.81. The number of morpholine rings is 1. The van der Waals surface area contributed by atoms with Crippen LogP contribution in [0.4, 0.5) is 10.1 Å². The first kappa shape index (κ1) is 22.8. The minimum Gasteiger partial charge on any atom is -0.378 e. The van der Waals surface area contributed by atoms with Crippen molar-refractivity contribution in [2.45, 2.75) is 6.54 Å². The molecule has 2 saturated heterocycles. The highest BCUT2D eigenvalue weighted by molar-refractivity contribution is 8.26. The van der Waals surface area contributed by atoms with Crippen LogP contribution in [-0.2, 0) is 23.1 Å². The number of pyridine rings is 1. The number of rotatable bonds is 4. The van der Waals surface area contributed by atoms with Crippen molar-refractivity contribution < 1.29 is 13.9 Å². The molecule has 3 aromatic rings. The lowest BCUT2D eigenvalue weighted by atomic mass is 10.1. The van der Waals surface area contributed by atoms with Gasteiger partial charge in [-0.1, -0.05) is 54.3 Å². The molecular weight excluding hydrogens is 473 g/mol. The first-order valence-corrected chi connectivity index (χ1v) is 12.1. The van der Waals surface area contributed by atoms with E-state index in [-0.39, 0.29) is 23.8 Å². The summed E-state index contributed by atoms with van der Waals surface area (Å²) < 4.78 is 20.8. The van der Waals surface area contributed by atoms with Crippen molar-refractivity contribution >= 4 is 56.9 Å². The number of aromatic nitrogens is 1. The number of para-hydroxylation sites is 1. The van der Waals surface area contributed by atoms with Crippen molar-refractivity contribution in [1.29, 1.82) is 0 Å².